The molecule has 0 saturated carbocycles. The van der Waals surface area contributed by atoms with Gasteiger partial charge in [-0.05, 0) is 25.0 Å². The van der Waals surface area contributed by atoms with E-state index in [0.29, 0.717) is 31.3 Å². The van der Waals surface area contributed by atoms with Gasteiger partial charge in [-0.3, -0.25) is 8.98 Å². The number of ether oxygens (including phenoxy) is 1. The largest absolute Gasteiger partial charge is 0.502 e. The number of benzene rings is 1. The molecule has 0 spiro atoms. The molecule has 0 aliphatic rings. The van der Waals surface area contributed by atoms with E-state index in [4.69, 9.17) is 8.92 Å². The quantitative estimate of drug-likeness (QED) is 0.301. The Balaban J connectivity index is 2.46. The first kappa shape index (κ1) is 15.4. The Kier molecular flexibility index (Phi) is 6.24. The average molecular weight is 284 g/mol. The third-order valence-corrected chi connectivity index (χ3v) is 3.64. The third-order valence-electron chi connectivity index (χ3n) is 2.32. The number of carbonyl (C=O) groups excluding carboxylic acids is 1. The summed E-state index contributed by atoms with van der Waals surface area (Å²) in [5.41, 5.74) is 0.417. The molecule has 0 radical (unpaired) electrons. The van der Waals surface area contributed by atoms with Gasteiger partial charge in [-0.2, -0.15) is 8.42 Å². The van der Waals surface area contributed by atoms with Crippen molar-refractivity contribution in [1.82, 2.24) is 0 Å². The Hall–Kier alpha value is -1.66. The Morgan fingerprint density at radius 1 is 1.11 bits per heavy atom. The molecule has 0 atom stereocenters. The van der Waals surface area contributed by atoms with E-state index in [0.717, 1.165) is 0 Å². The normalized spacial score (nSPS) is 10.9. The smallest absolute Gasteiger partial charge is 0.296 e. The minimum atomic E-state index is -3.75. The van der Waals surface area contributed by atoms with Crippen molar-refractivity contribution in [3.63, 3.8) is 0 Å². The number of aldehydes is 1. The summed E-state index contributed by atoms with van der Waals surface area (Å²) in [6.07, 6.45) is 3.24. The molecule has 0 N–H and O–H groups in total. The van der Waals surface area contributed by atoms with Gasteiger partial charge < -0.3 is 4.74 Å². The van der Waals surface area contributed by atoms with Crippen molar-refractivity contribution in [3.8, 4) is 0 Å². The highest BCUT2D eigenvalue weighted by molar-refractivity contribution is 7.86. The molecule has 5 nitrogen and oxygen atoms in total. The topological polar surface area (TPSA) is 69.7 Å². The van der Waals surface area contributed by atoms with Crippen molar-refractivity contribution in [3.05, 3.63) is 42.7 Å². The fourth-order valence-electron chi connectivity index (χ4n) is 1.32. The molecule has 0 fully saturated rings. The summed E-state index contributed by atoms with van der Waals surface area (Å²) < 4.78 is 33.3. The fraction of sp³-hybridized carbons (Fsp3) is 0.308. The van der Waals surface area contributed by atoms with Crippen LogP contribution in [-0.2, 0) is 19.0 Å². The summed E-state index contributed by atoms with van der Waals surface area (Å²) in [6.45, 7) is 3.98. The molecule has 0 unspecified atom stereocenters. The molecule has 6 heteroatoms. The summed E-state index contributed by atoms with van der Waals surface area (Å²) in [5.74, 6) is 0. The molecule has 1 aromatic rings. The van der Waals surface area contributed by atoms with Gasteiger partial charge in [-0.15, -0.1) is 0 Å². The first-order valence-corrected chi connectivity index (χ1v) is 7.18. The maximum Gasteiger partial charge on any atom is 0.296 e. The maximum absolute atomic E-state index is 11.8. The predicted molar refractivity (Wildman–Crippen MR) is 70.4 cm³/mol. The van der Waals surface area contributed by atoms with Gasteiger partial charge in [0.05, 0.1) is 24.4 Å². The van der Waals surface area contributed by atoms with Crippen LogP contribution in [0.25, 0.3) is 0 Å². The van der Waals surface area contributed by atoms with Crippen molar-refractivity contribution in [2.45, 2.75) is 17.7 Å². The summed E-state index contributed by atoms with van der Waals surface area (Å²) in [4.78, 5) is 10.5. The second-order valence-electron chi connectivity index (χ2n) is 3.71. The summed E-state index contributed by atoms with van der Waals surface area (Å²) in [6, 6.07) is 5.56. The van der Waals surface area contributed by atoms with Crippen LogP contribution in [0, 0.1) is 0 Å². The van der Waals surface area contributed by atoms with E-state index < -0.39 is 10.1 Å². The fourth-order valence-corrected chi connectivity index (χ4v) is 2.26. The first-order chi connectivity index (χ1) is 9.10. The van der Waals surface area contributed by atoms with Crippen molar-refractivity contribution in [2.75, 3.05) is 13.2 Å². The van der Waals surface area contributed by atoms with E-state index in [1.807, 2.05) is 0 Å². The maximum atomic E-state index is 11.8. The Morgan fingerprint density at radius 3 is 2.32 bits per heavy atom. The van der Waals surface area contributed by atoms with E-state index in [2.05, 4.69) is 6.58 Å². The molecule has 1 aromatic carbocycles. The zero-order valence-corrected chi connectivity index (χ0v) is 11.3. The average Bonchev–Trinajstić information content (AvgIpc) is 2.43. The number of rotatable bonds is 9. The molecule has 0 aliphatic heterocycles. The Morgan fingerprint density at radius 2 is 1.74 bits per heavy atom. The van der Waals surface area contributed by atoms with Crippen LogP contribution in [0.5, 0.6) is 0 Å². The number of hydrogen-bond acceptors (Lipinski definition) is 5. The molecule has 0 heterocycles. The van der Waals surface area contributed by atoms with Crippen molar-refractivity contribution >= 4 is 16.4 Å². The number of carbonyl (C=O) groups is 1. The van der Waals surface area contributed by atoms with E-state index in [9.17, 15) is 13.2 Å². The minimum absolute atomic E-state index is 0.0421. The second-order valence-corrected chi connectivity index (χ2v) is 5.32. The van der Waals surface area contributed by atoms with Gasteiger partial charge in [0.2, 0.25) is 0 Å². The standard InChI is InChI=1S/C13H16O5S/c1-2-17-9-3-4-10-18-19(15,16)13-7-5-12(11-14)6-8-13/h2,5-8,11H,1,3-4,9-10H2. The van der Waals surface area contributed by atoms with Gasteiger partial charge in [-0.25, -0.2) is 0 Å². The van der Waals surface area contributed by atoms with Crippen LogP contribution in [0.4, 0.5) is 0 Å². The van der Waals surface area contributed by atoms with Crippen LogP contribution in [0.2, 0.25) is 0 Å². The van der Waals surface area contributed by atoms with Gasteiger partial charge in [0.25, 0.3) is 10.1 Å². The van der Waals surface area contributed by atoms with Crippen LogP contribution in [0.15, 0.2) is 42.0 Å². The second kappa shape index (κ2) is 7.70. The molecule has 0 bridgehead atoms. The molecular weight excluding hydrogens is 268 g/mol. The van der Waals surface area contributed by atoms with Gasteiger partial charge in [0.1, 0.15) is 6.29 Å². The van der Waals surface area contributed by atoms with Crippen molar-refractivity contribution in [1.29, 1.82) is 0 Å². The molecule has 19 heavy (non-hydrogen) atoms. The van der Waals surface area contributed by atoms with Crippen molar-refractivity contribution in [2.24, 2.45) is 0 Å². The number of hydrogen-bond donors (Lipinski definition) is 0. The predicted octanol–water partition coefficient (Wildman–Crippen LogP) is 2.14. The highest BCUT2D eigenvalue weighted by Crippen LogP contribution is 2.13. The molecule has 0 aliphatic carbocycles. The monoisotopic (exact) mass is 284 g/mol. The Bertz CT molecular complexity index is 504. The SMILES string of the molecule is C=COCCCCOS(=O)(=O)c1ccc(C=O)cc1. The van der Waals surface area contributed by atoms with Crippen LogP contribution < -0.4 is 0 Å². The van der Waals surface area contributed by atoms with Crippen molar-refractivity contribution < 1.29 is 22.1 Å². The van der Waals surface area contributed by atoms with E-state index >= 15 is 0 Å². The summed E-state index contributed by atoms with van der Waals surface area (Å²) >= 11 is 0. The lowest BCUT2D eigenvalue weighted by Crippen LogP contribution is -2.08. The Labute approximate surface area is 113 Å². The lowest BCUT2D eigenvalue weighted by Gasteiger charge is -2.05. The van der Waals surface area contributed by atoms with Crippen LogP contribution in [-0.4, -0.2) is 27.9 Å². The highest BCUT2D eigenvalue weighted by Gasteiger charge is 2.14. The zero-order chi connectivity index (χ0) is 14.1. The van der Waals surface area contributed by atoms with E-state index in [-0.39, 0.29) is 11.5 Å². The van der Waals surface area contributed by atoms with Gasteiger partial charge in [0.15, 0.2) is 0 Å². The van der Waals surface area contributed by atoms with Gasteiger partial charge in [-0.1, -0.05) is 18.7 Å². The highest BCUT2D eigenvalue weighted by atomic mass is 32.2. The molecule has 104 valence electrons. The van der Waals surface area contributed by atoms with Gasteiger partial charge in [0, 0.05) is 5.56 Å². The third kappa shape index (κ3) is 5.23. The van der Waals surface area contributed by atoms with Gasteiger partial charge >= 0.3 is 0 Å². The minimum Gasteiger partial charge on any atom is -0.502 e. The van der Waals surface area contributed by atoms with Crippen LogP contribution in [0.3, 0.4) is 0 Å². The van der Waals surface area contributed by atoms with Crippen LogP contribution >= 0.6 is 0 Å². The van der Waals surface area contributed by atoms with E-state index in [1.165, 1.54) is 30.5 Å². The summed E-state index contributed by atoms with van der Waals surface area (Å²) in [7, 11) is -3.75. The first-order valence-electron chi connectivity index (χ1n) is 5.77. The molecular formula is C13H16O5S. The van der Waals surface area contributed by atoms with Crippen LogP contribution in [0.1, 0.15) is 23.2 Å². The molecule has 0 amide bonds. The lowest BCUT2D eigenvalue weighted by atomic mass is 10.2. The zero-order valence-electron chi connectivity index (χ0n) is 10.4. The van der Waals surface area contributed by atoms with E-state index in [1.54, 1.807) is 0 Å². The molecule has 0 aromatic heterocycles. The number of unbranched alkanes of at least 4 members (excludes halogenated alkanes) is 1. The lowest BCUT2D eigenvalue weighted by molar-refractivity contribution is 0.112. The molecule has 1 rings (SSSR count). The summed E-state index contributed by atoms with van der Waals surface area (Å²) in [5, 5.41) is 0. The molecule has 0 saturated heterocycles.